The van der Waals surface area contributed by atoms with Crippen molar-refractivity contribution in [1.82, 2.24) is 4.90 Å². The van der Waals surface area contributed by atoms with Crippen molar-refractivity contribution < 1.29 is 24.9 Å². The van der Waals surface area contributed by atoms with E-state index in [-0.39, 0.29) is 30.5 Å². The summed E-state index contributed by atoms with van der Waals surface area (Å²) in [4.78, 5) is 14.1. The van der Waals surface area contributed by atoms with Crippen molar-refractivity contribution in [2.24, 2.45) is 11.8 Å². The summed E-state index contributed by atoms with van der Waals surface area (Å²) in [5.41, 5.74) is -2.30. The van der Waals surface area contributed by atoms with Gasteiger partial charge in [0.05, 0.1) is 11.5 Å². The molecule has 0 saturated carbocycles. The highest BCUT2D eigenvalue weighted by atomic mass is 16.5. The molecule has 6 nitrogen and oxygen atoms in total. The van der Waals surface area contributed by atoms with Gasteiger partial charge in [-0.15, -0.1) is 0 Å². The summed E-state index contributed by atoms with van der Waals surface area (Å²) >= 11 is 0. The van der Waals surface area contributed by atoms with E-state index >= 15 is 0 Å². The molecule has 25 heavy (non-hydrogen) atoms. The maximum atomic E-state index is 12.1. The molecular formula is C19H37NO5. The van der Waals surface area contributed by atoms with E-state index in [9.17, 15) is 20.1 Å². The molecule has 0 radical (unpaired) electrons. The summed E-state index contributed by atoms with van der Waals surface area (Å²) in [6, 6.07) is -0.316. The van der Waals surface area contributed by atoms with E-state index in [2.05, 4.69) is 6.92 Å². The summed E-state index contributed by atoms with van der Waals surface area (Å²) in [7, 11) is 1.89. The first-order chi connectivity index (χ1) is 11.4. The van der Waals surface area contributed by atoms with E-state index < -0.39 is 17.3 Å². The first kappa shape index (κ1) is 22.4. The molecule has 0 spiro atoms. The first-order valence-corrected chi connectivity index (χ1v) is 9.35. The maximum Gasteiger partial charge on any atom is 0.308 e. The Morgan fingerprint density at radius 1 is 1.20 bits per heavy atom. The van der Waals surface area contributed by atoms with E-state index in [0.29, 0.717) is 25.8 Å². The van der Waals surface area contributed by atoms with Crippen molar-refractivity contribution in [3.05, 3.63) is 0 Å². The molecule has 0 bridgehead atoms. The van der Waals surface area contributed by atoms with E-state index in [0.717, 1.165) is 6.42 Å². The zero-order valence-electron chi connectivity index (χ0n) is 16.7. The molecule has 1 aliphatic heterocycles. The zero-order chi connectivity index (χ0) is 19.4. The number of cyclic esters (lactones) is 1. The highest BCUT2D eigenvalue weighted by Crippen LogP contribution is 2.26. The van der Waals surface area contributed by atoms with E-state index in [1.807, 2.05) is 25.8 Å². The van der Waals surface area contributed by atoms with Gasteiger partial charge in [0.1, 0.15) is 18.3 Å². The van der Waals surface area contributed by atoms with Crippen LogP contribution in [0, 0.1) is 11.8 Å². The number of esters is 1. The van der Waals surface area contributed by atoms with E-state index in [1.54, 1.807) is 6.92 Å². The van der Waals surface area contributed by atoms with Crippen LogP contribution in [-0.2, 0) is 9.53 Å². The van der Waals surface area contributed by atoms with Crippen molar-refractivity contribution in [3.8, 4) is 0 Å². The third kappa shape index (κ3) is 6.85. The second-order valence-corrected chi connectivity index (χ2v) is 8.69. The monoisotopic (exact) mass is 359 g/mol. The molecule has 148 valence electrons. The van der Waals surface area contributed by atoms with Gasteiger partial charge in [-0.2, -0.15) is 0 Å². The maximum absolute atomic E-state index is 12.1. The molecule has 3 unspecified atom stereocenters. The van der Waals surface area contributed by atoms with Gasteiger partial charge in [0, 0.05) is 12.6 Å². The first-order valence-electron chi connectivity index (χ1n) is 9.35. The SMILES string of the molecule is CC1[C@@H](O)C(C)(O)COC(=O)[C@H](C)CCCC(C)(O)C[C@H](C)CN1C. The largest absolute Gasteiger partial charge is 0.462 e. The van der Waals surface area contributed by atoms with Crippen LogP contribution in [0.1, 0.15) is 60.3 Å². The fourth-order valence-corrected chi connectivity index (χ4v) is 3.69. The Morgan fingerprint density at radius 2 is 1.80 bits per heavy atom. The average molecular weight is 360 g/mol. The molecule has 6 atom stereocenters. The predicted octanol–water partition coefficient (Wildman–Crippen LogP) is 1.56. The summed E-state index contributed by atoms with van der Waals surface area (Å²) in [6.07, 6.45) is 1.59. The molecule has 0 amide bonds. The van der Waals surface area contributed by atoms with Crippen LogP contribution in [-0.4, -0.2) is 69.7 Å². The molecule has 1 heterocycles. The highest BCUT2D eigenvalue weighted by Gasteiger charge is 2.38. The number of aliphatic hydroxyl groups is 3. The van der Waals surface area contributed by atoms with Gasteiger partial charge in [-0.05, 0) is 59.4 Å². The minimum Gasteiger partial charge on any atom is -0.462 e. The second kappa shape index (κ2) is 8.80. The van der Waals surface area contributed by atoms with Crippen molar-refractivity contribution in [2.75, 3.05) is 20.2 Å². The molecular weight excluding hydrogens is 322 g/mol. The van der Waals surface area contributed by atoms with Crippen LogP contribution in [0.15, 0.2) is 0 Å². The van der Waals surface area contributed by atoms with Crippen molar-refractivity contribution in [2.45, 2.75) is 83.6 Å². The Labute approximate surface area is 152 Å². The van der Waals surface area contributed by atoms with Gasteiger partial charge < -0.3 is 25.0 Å². The molecule has 1 rings (SSSR count). The quantitative estimate of drug-likeness (QED) is 0.569. The van der Waals surface area contributed by atoms with Gasteiger partial charge in [0.15, 0.2) is 0 Å². The number of hydrogen-bond acceptors (Lipinski definition) is 6. The molecule has 1 fully saturated rings. The Bertz CT molecular complexity index is 438. The lowest BCUT2D eigenvalue weighted by molar-refractivity contribution is -0.166. The predicted molar refractivity (Wildman–Crippen MR) is 97.1 cm³/mol. The van der Waals surface area contributed by atoms with E-state index in [4.69, 9.17) is 4.74 Å². The minimum atomic E-state index is -1.52. The van der Waals surface area contributed by atoms with Crippen molar-refractivity contribution in [1.29, 1.82) is 0 Å². The van der Waals surface area contributed by atoms with Gasteiger partial charge >= 0.3 is 5.97 Å². The van der Waals surface area contributed by atoms with Crippen LogP contribution in [0.25, 0.3) is 0 Å². The minimum absolute atomic E-state index is 0.233. The van der Waals surface area contributed by atoms with Gasteiger partial charge in [-0.1, -0.05) is 13.8 Å². The lowest BCUT2D eigenvalue weighted by Crippen LogP contribution is -2.55. The molecule has 1 aliphatic rings. The highest BCUT2D eigenvalue weighted by molar-refractivity contribution is 5.71. The number of rotatable bonds is 0. The van der Waals surface area contributed by atoms with E-state index in [1.165, 1.54) is 6.92 Å². The molecule has 0 aromatic heterocycles. The molecule has 1 saturated heterocycles. The topological polar surface area (TPSA) is 90.2 Å². The van der Waals surface area contributed by atoms with Crippen LogP contribution in [0.5, 0.6) is 0 Å². The number of ether oxygens (including phenoxy) is 1. The van der Waals surface area contributed by atoms with Crippen LogP contribution in [0.2, 0.25) is 0 Å². The molecule has 0 aromatic carbocycles. The third-order valence-electron chi connectivity index (χ3n) is 5.44. The second-order valence-electron chi connectivity index (χ2n) is 8.69. The molecule has 0 aromatic rings. The number of hydrogen-bond donors (Lipinski definition) is 3. The number of nitrogens with zero attached hydrogens (tertiary/aromatic N) is 1. The van der Waals surface area contributed by atoms with Crippen molar-refractivity contribution >= 4 is 5.97 Å². The van der Waals surface area contributed by atoms with Gasteiger partial charge in [0.2, 0.25) is 0 Å². The molecule has 6 heteroatoms. The number of aliphatic hydroxyl groups excluding tert-OH is 1. The van der Waals surface area contributed by atoms with Crippen molar-refractivity contribution in [3.63, 3.8) is 0 Å². The fraction of sp³-hybridized carbons (Fsp3) is 0.947. The van der Waals surface area contributed by atoms with Crippen LogP contribution < -0.4 is 0 Å². The summed E-state index contributed by atoms with van der Waals surface area (Å²) < 4.78 is 5.24. The average Bonchev–Trinajstić information content (AvgIpc) is 2.49. The third-order valence-corrected chi connectivity index (χ3v) is 5.44. The van der Waals surface area contributed by atoms with Gasteiger partial charge in [-0.3, -0.25) is 4.79 Å². The lowest BCUT2D eigenvalue weighted by atomic mass is 9.87. The zero-order valence-corrected chi connectivity index (χ0v) is 16.7. The van der Waals surface area contributed by atoms with Gasteiger partial charge in [-0.25, -0.2) is 0 Å². The smallest absolute Gasteiger partial charge is 0.308 e. The fourth-order valence-electron chi connectivity index (χ4n) is 3.69. The molecule has 0 aliphatic carbocycles. The number of carbonyl (C=O) groups is 1. The van der Waals surface area contributed by atoms with Crippen LogP contribution in [0.4, 0.5) is 0 Å². The number of likely N-dealkylation sites (N-methyl/N-ethyl adjacent to an activating group) is 1. The van der Waals surface area contributed by atoms with Crippen LogP contribution >= 0.6 is 0 Å². The Morgan fingerprint density at radius 3 is 2.40 bits per heavy atom. The lowest BCUT2D eigenvalue weighted by Gasteiger charge is -2.38. The Balaban J connectivity index is 2.95. The van der Waals surface area contributed by atoms with Crippen LogP contribution in [0.3, 0.4) is 0 Å². The standard InChI is InChI=1S/C19H37NO5/c1-13-10-18(4,23)9-7-8-14(2)17(22)25-12-19(5,24)16(21)15(3)20(6)11-13/h13-16,21,23-24H,7-12H2,1-6H3/t13-,14+,15?,16+,18?,19?/m0/s1. The normalized spacial score (nSPS) is 43.8. The molecule has 3 N–H and O–H groups in total. The number of carbonyl (C=O) groups excluding carboxylic acids is 1. The Kier molecular flexibility index (Phi) is 7.87. The summed E-state index contributed by atoms with van der Waals surface area (Å²) in [5, 5.41) is 31.7. The summed E-state index contributed by atoms with van der Waals surface area (Å²) in [5.74, 6) is -0.442. The van der Waals surface area contributed by atoms with Gasteiger partial charge in [0.25, 0.3) is 0 Å². The summed E-state index contributed by atoms with van der Waals surface area (Å²) in [6.45, 7) is 9.50. The Hall–Kier alpha value is -0.690.